The summed E-state index contributed by atoms with van der Waals surface area (Å²) < 4.78 is 7.62. The topological polar surface area (TPSA) is 13.1 Å². The SMILES string of the molecule is COc1ccc(-c2cc(SC)[n+]3c(c2)SCC3)cc1. The van der Waals surface area contributed by atoms with Gasteiger partial charge in [0.15, 0.2) is 6.54 Å². The standard InChI is InChI=1S/C15H16NOS2/c1-17-13-5-3-11(4-6-13)12-9-14(18-2)16-7-8-19-15(16)10-12/h3-6,9-10H,7-8H2,1-2H3/q+1. The normalized spacial score (nSPS) is 13.4. The Morgan fingerprint density at radius 3 is 2.63 bits per heavy atom. The summed E-state index contributed by atoms with van der Waals surface area (Å²) in [7, 11) is 1.70. The molecule has 0 radical (unpaired) electrons. The zero-order chi connectivity index (χ0) is 13.2. The van der Waals surface area contributed by atoms with Gasteiger partial charge in [0.25, 0.3) is 0 Å². The number of benzene rings is 1. The molecule has 1 aliphatic heterocycles. The minimum atomic E-state index is 0.902. The van der Waals surface area contributed by atoms with Crippen molar-refractivity contribution in [1.29, 1.82) is 0 Å². The van der Waals surface area contributed by atoms with E-state index in [0.717, 1.165) is 12.3 Å². The molecule has 0 fully saturated rings. The number of aromatic nitrogens is 1. The summed E-state index contributed by atoms with van der Waals surface area (Å²) in [5, 5.41) is 2.71. The number of hydrogen-bond acceptors (Lipinski definition) is 3. The first-order valence-corrected chi connectivity index (χ1v) is 8.42. The van der Waals surface area contributed by atoms with Crippen molar-refractivity contribution < 1.29 is 9.30 Å². The largest absolute Gasteiger partial charge is 0.497 e. The Kier molecular flexibility index (Phi) is 3.71. The predicted molar refractivity (Wildman–Crippen MR) is 81.1 cm³/mol. The molecule has 0 bridgehead atoms. The van der Waals surface area contributed by atoms with E-state index in [1.807, 2.05) is 35.7 Å². The van der Waals surface area contributed by atoms with Gasteiger partial charge in [-0.05, 0) is 29.5 Å². The van der Waals surface area contributed by atoms with Gasteiger partial charge in [0, 0.05) is 12.1 Å². The fourth-order valence-corrected chi connectivity index (χ4v) is 4.02. The summed E-state index contributed by atoms with van der Waals surface area (Å²) in [4.78, 5) is 0. The van der Waals surface area contributed by atoms with Crippen LogP contribution in [0.4, 0.5) is 0 Å². The van der Waals surface area contributed by atoms with E-state index in [0.29, 0.717) is 0 Å². The minimum absolute atomic E-state index is 0.902. The maximum atomic E-state index is 5.21. The molecule has 0 unspecified atom stereocenters. The quantitative estimate of drug-likeness (QED) is 0.634. The van der Waals surface area contributed by atoms with E-state index in [1.54, 1.807) is 7.11 Å². The zero-order valence-corrected chi connectivity index (χ0v) is 12.7. The Bertz CT molecular complexity index is 596. The lowest BCUT2D eigenvalue weighted by Gasteiger charge is -2.06. The molecule has 2 aromatic rings. The van der Waals surface area contributed by atoms with Crippen LogP contribution in [0.15, 0.2) is 46.5 Å². The second-order valence-electron chi connectivity index (χ2n) is 4.35. The van der Waals surface area contributed by atoms with Crippen LogP contribution in [0.5, 0.6) is 5.75 Å². The van der Waals surface area contributed by atoms with Crippen LogP contribution in [-0.2, 0) is 6.54 Å². The third kappa shape index (κ3) is 2.47. The van der Waals surface area contributed by atoms with Gasteiger partial charge in [0.1, 0.15) is 5.75 Å². The molecule has 0 spiro atoms. The van der Waals surface area contributed by atoms with E-state index in [9.17, 15) is 0 Å². The molecular weight excluding hydrogens is 274 g/mol. The van der Waals surface area contributed by atoms with Crippen molar-refractivity contribution in [3.63, 3.8) is 0 Å². The van der Waals surface area contributed by atoms with Gasteiger partial charge in [-0.25, -0.2) is 0 Å². The molecule has 0 aliphatic carbocycles. The third-order valence-electron chi connectivity index (χ3n) is 3.29. The van der Waals surface area contributed by atoms with Gasteiger partial charge in [-0.15, -0.1) is 0 Å². The Labute approximate surface area is 122 Å². The molecule has 0 atom stereocenters. The van der Waals surface area contributed by atoms with Crippen LogP contribution < -0.4 is 9.30 Å². The van der Waals surface area contributed by atoms with Crippen molar-refractivity contribution >= 4 is 23.5 Å². The highest BCUT2D eigenvalue weighted by Crippen LogP contribution is 2.30. The van der Waals surface area contributed by atoms with Crippen molar-refractivity contribution in [3.8, 4) is 16.9 Å². The monoisotopic (exact) mass is 290 g/mol. The average molecular weight is 290 g/mol. The van der Waals surface area contributed by atoms with Crippen molar-refractivity contribution in [2.45, 2.75) is 16.6 Å². The number of methoxy groups -OCH3 is 1. The highest BCUT2D eigenvalue weighted by molar-refractivity contribution is 7.99. The lowest BCUT2D eigenvalue weighted by Crippen LogP contribution is -2.35. The molecule has 1 aromatic carbocycles. The maximum Gasteiger partial charge on any atom is 0.241 e. The fourth-order valence-electron chi connectivity index (χ4n) is 2.27. The highest BCUT2D eigenvalue weighted by atomic mass is 32.2. The van der Waals surface area contributed by atoms with Gasteiger partial charge < -0.3 is 4.74 Å². The Hall–Kier alpha value is -1.13. The predicted octanol–water partition coefficient (Wildman–Crippen LogP) is 3.48. The second kappa shape index (κ2) is 5.47. The number of ether oxygens (including phenoxy) is 1. The lowest BCUT2D eigenvalue weighted by molar-refractivity contribution is -0.758. The van der Waals surface area contributed by atoms with Crippen LogP contribution in [-0.4, -0.2) is 19.1 Å². The zero-order valence-electron chi connectivity index (χ0n) is 11.1. The highest BCUT2D eigenvalue weighted by Gasteiger charge is 2.24. The van der Waals surface area contributed by atoms with Gasteiger partial charge in [0.05, 0.1) is 12.9 Å². The van der Waals surface area contributed by atoms with Gasteiger partial charge in [-0.3, -0.25) is 0 Å². The van der Waals surface area contributed by atoms with E-state index in [-0.39, 0.29) is 0 Å². The number of hydrogen-bond donors (Lipinski definition) is 0. The molecule has 19 heavy (non-hydrogen) atoms. The van der Waals surface area contributed by atoms with Crippen molar-refractivity contribution in [1.82, 2.24) is 0 Å². The van der Waals surface area contributed by atoms with E-state index in [4.69, 9.17) is 4.74 Å². The number of pyridine rings is 1. The van der Waals surface area contributed by atoms with E-state index in [2.05, 4.69) is 35.1 Å². The maximum absolute atomic E-state index is 5.21. The number of thioether (sulfide) groups is 2. The van der Waals surface area contributed by atoms with E-state index in [1.165, 1.54) is 26.9 Å². The molecule has 2 heterocycles. The molecule has 3 rings (SSSR count). The fraction of sp³-hybridized carbons (Fsp3) is 0.267. The summed E-state index contributed by atoms with van der Waals surface area (Å²) >= 11 is 3.75. The van der Waals surface area contributed by atoms with Crippen LogP contribution >= 0.6 is 23.5 Å². The van der Waals surface area contributed by atoms with Gasteiger partial charge in [-0.2, -0.15) is 4.57 Å². The van der Waals surface area contributed by atoms with Crippen LogP contribution in [0.25, 0.3) is 11.1 Å². The Morgan fingerprint density at radius 1 is 1.16 bits per heavy atom. The van der Waals surface area contributed by atoms with Crippen LogP contribution in [0.3, 0.4) is 0 Å². The first-order chi connectivity index (χ1) is 9.31. The van der Waals surface area contributed by atoms with Gasteiger partial charge >= 0.3 is 0 Å². The Balaban J connectivity index is 2.04. The van der Waals surface area contributed by atoms with E-state index < -0.39 is 0 Å². The molecule has 0 amide bonds. The summed E-state index contributed by atoms with van der Waals surface area (Å²) in [5.41, 5.74) is 2.53. The van der Waals surface area contributed by atoms with Gasteiger partial charge in [0.2, 0.25) is 10.1 Å². The van der Waals surface area contributed by atoms with Crippen LogP contribution in [0, 0.1) is 0 Å². The smallest absolute Gasteiger partial charge is 0.241 e. The van der Waals surface area contributed by atoms with Crippen LogP contribution in [0.1, 0.15) is 0 Å². The summed E-state index contributed by atoms with van der Waals surface area (Å²) in [6.07, 6.45) is 2.14. The average Bonchev–Trinajstić information content (AvgIpc) is 2.94. The molecule has 1 aliphatic rings. The third-order valence-corrected chi connectivity index (χ3v) is 5.06. The minimum Gasteiger partial charge on any atom is -0.497 e. The molecule has 0 saturated heterocycles. The molecule has 1 aromatic heterocycles. The molecular formula is C15H16NOS2+. The molecule has 98 valence electrons. The molecule has 4 heteroatoms. The van der Waals surface area contributed by atoms with Crippen molar-refractivity contribution in [2.24, 2.45) is 0 Å². The number of fused-ring (bicyclic) bond motifs is 1. The summed E-state index contributed by atoms with van der Waals surface area (Å²) in [6, 6.07) is 12.8. The first kappa shape index (κ1) is 12.9. The molecule has 0 saturated carbocycles. The lowest BCUT2D eigenvalue weighted by atomic mass is 10.1. The number of rotatable bonds is 3. The molecule has 0 N–H and O–H groups in total. The second-order valence-corrected chi connectivity index (χ2v) is 6.29. The van der Waals surface area contributed by atoms with Crippen molar-refractivity contribution in [2.75, 3.05) is 19.1 Å². The van der Waals surface area contributed by atoms with Gasteiger partial charge in [-0.1, -0.05) is 35.7 Å². The van der Waals surface area contributed by atoms with E-state index >= 15 is 0 Å². The molecule has 2 nitrogen and oxygen atoms in total. The summed E-state index contributed by atoms with van der Waals surface area (Å²) in [6.45, 7) is 1.12. The Morgan fingerprint density at radius 2 is 1.95 bits per heavy atom. The number of nitrogens with zero attached hydrogens (tertiary/aromatic N) is 1. The summed E-state index contributed by atoms with van der Waals surface area (Å²) in [5.74, 6) is 2.08. The first-order valence-electron chi connectivity index (χ1n) is 6.21. The van der Waals surface area contributed by atoms with Crippen LogP contribution in [0.2, 0.25) is 0 Å². The van der Waals surface area contributed by atoms with Crippen molar-refractivity contribution in [3.05, 3.63) is 36.4 Å².